The maximum atomic E-state index is 13.2. The van der Waals surface area contributed by atoms with E-state index in [4.69, 9.17) is 23.9 Å². The summed E-state index contributed by atoms with van der Waals surface area (Å²) in [5.74, 6) is -0.598. The number of carbonyl (C=O) groups excluding carboxylic acids is 5. The molecule has 0 saturated carbocycles. The van der Waals surface area contributed by atoms with Crippen molar-refractivity contribution in [2.45, 2.75) is 32.2 Å². The summed E-state index contributed by atoms with van der Waals surface area (Å²) in [6, 6.07) is 17.3. The number of imide groups is 2. The summed E-state index contributed by atoms with van der Waals surface area (Å²) < 4.78 is 35.6. The van der Waals surface area contributed by atoms with Crippen LogP contribution in [-0.4, -0.2) is 148 Å². The van der Waals surface area contributed by atoms with Crippen LogP contribution >= 0.6 is 7.14 Å². The molecule has 0 bridgehead atoms. The second kappa shape index (κ2) is 21.7. The molecule has 0 radical (unpaired) electrons. The molecular weight excluding hydrogens is 870 g/mol. The second-order valence-electron chi connectivity index (χ2n) is 16.3. The van der Waals surface area contributed by atoms with E-state index >= 15 is 0 Å². The smallest absolute Gasteiger partial charge is 0.264 e. The van der Waals surface area contributed by atoms with Crippen LogP contribution in [0.1, 0.15) is 45.5 Å². The average molecular weight is 926 g/mol. The number of nitrogens with zero attached hydrogens (tertiary/aromatic N) is 5. The summed E-state index contributed by atoms with van der Waals surface area (Å²) in [5, 5.41) is 12.7. The van der Waals surface area contributed by atoms with Crippen molar-refractivity contribution in [2.75, 3.05) is 114 Å². The number of carbonyl (C=O) groups is 5. The number of amides is 5. The van der Waals surface area contributed by atoms with Crippen molar-refractivity contribution in [3.05, 3.63) is 83.6 Å². The third-order valence-corrected chi connectivity index (χ3v) is 12.9. The van der Waals surface area contributed by atoms with Crippen molar-refractivity contribution in [3.63, 3.8) is 0 Å². The molecule has 0 aliphatic carbocycles. The molecule has 3 aliphatic rings. The molecule has 4 heterocycles. The van der Waals surface area contributed by atoms with Crippen LogP contribution in [0.2, 0.25) is 0 Å². The third kappa shape index (κ3) is 11.5. The minimum absolute atomic E-state index is 0.0339. The molecule has 350 valence electrons. The van der Waals surface area contributed by atoms with Gasteiger partial charge in [-0.1, -0.05) is 18.2 Å². The van der Waals surface area contributed by atoms with Crippen molar-refractivity contribution in [1.82, 2.24) is 25.1 Å². The summed E-state index contributed by atoms with van der Waals surface area (Å²) in [5.41, 5.74) is 4.09. The number of methoxy groups -OCH3 is 1. The van der Waals surface area contributed by atoms with Crippen LogP contribution in [-0.2, 0) is 33.2 Å². The molecule has 2 saturated heterocycles. The third-order valence-electron chi connectivity index (χ3n) is 11.4. The number of piperidine rings is 1. The van der Waals surface area contributed by atoms with Gasteiger partial charge in [0.15, 0.2) is 0 Å². The minimum atomic E-state index is -2.53. The highest BCUT2D eigenvalue weighted by molar-refractivity contribution is 7.70. The number of hydrogen-bond acceptors (Lipinski definition) is 16. The van der Waals surface area contributed by atoms with E-state index in [0.29, 0.717) is 94.6 Å². The molecule has 1 atom stereocenters. The van der Waals surface area contributed by atoms with Crippen molar-refractivity contribution in [2.24, 2.45) is 0 Å². The van der Waals surface area contributed by atoms with Crippen molar-refractivity contribution in [1.29, 1.82) is 0 Å². The highest BCUT2D eigenvalue weighted by atomic mass is 31.2. The van der Waals surface area contributed by atoms with E-state index < -0.39 is 36.8 Å². The SMILES string of the molecule is COc1cc(N2CCN(C(=O)CCOCCOCCOCCNc3cccc4c3C(=O)N(C3CCC(=O)NC3=O)C4=O)CC2)ccc1Nc1ncc(C)c(Nc2ccccc2P(C)(C)=O)n1. The summed E-state index contributed by atoms with van der Waals surface area (Å²) in [6.45, 7) is 10.2. The van der Waals surface area contributed by atoms with E-state index in [1.165, 1.54) is 0 Å². The lowest BCUT2D eigenvalue weighted by molar-refractivity contribution is -0.136. The van der Waals surface area contributed by atoms with Crippen LogP contribution in [0.3, 0.4) is 0 Å². The van der Waals surface area contributed by atoms with Gasteiger partial charge >= 0.3 is 0 Å². The minimum Gasteiger partial charge on any atom is -0.494 e. The molecule has 66 heavy (non-hydrogen) atoms. The van der Waals surface area contributed by atoms with Gasteiger partial charge in [-0.3, -0.25) is 34.2 Å². The van der Waals surface area contributed by atoms with Crippen LogP contribution in [0.5, 0.6) is 5.75 Å². The molecule has 4 N–H and O–H groups in total. The number of nitrogens with one attached hydrogen (secondary N) is 4. The van der Waals surface area contributed by atoms with Crippen LogP contribution in [0.15, 0.2) is 66.9 Å². The molecule has 3 aliphatic heterocycles. The zero-order valence-electron chi connectivity index (χ0n) is 37.6. The van der Waals surface area contributed by atoms with Gasteiger partial charge in [-0.15, -0.1) is 0 Å². The molecule has 3 aromatic carbocycles. The molecule has 2 fully saturated rings. The Morgan fingerprint density at radius 2 is 1.55 bits per heavy atom. The molecular formula is C46H56N9O10P. The fourth-order valence-corrected chi connectivity index (χ4v) is 9.05. The van der Waals surface area contributed by atoms with E-state index in [2.05, 4.69) is 31.2 Å². The number of para-hydroxylation sites is 1. The highest BCUT2D eigenvalue weighted by Gasteiger charge is 2.45. The van der Waals surface area contributed by atoms with Gasteiger partial charge in [0.2, 0.25) is 23.7 Å². The normalized spacial score (nSPS) is 16.3. The van der Waals surface area contributed by atoms with Gasteiger partial charge in [0.25, 0.3) is 11.8 Å². The standard InChI is InChI=1S/C46H56N9O10P/c1-30-29-48-46(52-42(30)49-34-9-5-6-11-38(34)66(3,4)61)50-33-13-12-31(28-37(33)62-2)53-18-20-54(21-19-53)40(57)16-22-63-24-26-65-27-25-64-23-17-47-35-10-7-8-32-41(35)45(60)55(44(32)59)36-14-15-39(56)51-43(36)58/h5-13,28-29,36,47H,14-27H2,1-4H3,(H,51,56,58)(H2,48,49,50,52). The summed E-state index contributed by atoms with van der Waals surface area (Å²) >= 11 is 0. The Labute approximate surface area is 383 Å². The van der Waals surface area contributed by atoms with E-state index in [0.717, 1.165) is 27.1 Å². The summed E-state index contributed by atoms with van der Waals surface area (Å²) in [6.07, 6.45) is 2.14. The van der Waals surface area contributed by atoms with Crippen molar-refractivity contribution >= 4 is 76.5 Å². The lowest BCUT2D eigenvalue weighted by atomic mass is 10.0. The molecule has 20 heteroatoms. The number of piperazine rings is 1. The van der Waals surface area contributed by atoms with E-state index in [1.54, 1.807) is 44.8 Å². The first-order valence-corrected chi connectivity index (χ1v) is 24.5. The molecule has 4 aromatic rings. The Bertz CT molecular complexity index is 2490. The average Bonchev–Trinajstić information content (AvgIpc) is 3.56. The molecule has 19 nitrogen and oxygen atoms in total. The first-order chi connectivity index (χ1) is 31.8. The number of aryl methyl sites for hydroxylation is 1. The van der Waals surface area contributed by atoms with Gasteiger partial charge in [-0.25, -0.2) is 4.98 Å². The Morgan fingerprint density at radius 3 is 2.27 bits per heavy atom. The molecule has 5 amide bonds. The predicted octanol–water partition coefficient (Wildman–Crippen LogP) is 4.13. The Kier molecular flexibility index (Phi) is 15.7. The van der Waals surface area contributed by atoms with Gasteiger partial charge in [-0.05, 0) is 63.1 Å². The van der Waals surface area contributed by atoms with Crippen LogP contribution < -0.4 is 36.2 Å². The molecule has 1 aromatic heterocycles. The van der Waals surface area contributed by atoms with E-state index in [1.807, 2.05) is 54.3 Å². The fourth-order valence-electron chi connectivity index (χ4n) is 7.90. The van der Waals surface area contributed by atoms with Crippen LogP contribution in [0, 0.1) is 6.92 Å². The topological polar surface area (TPSA) is 223 Å². The van der Waals surface area contributed by atoms with Gasteiger partial charge < -0.3 is 49.3 Å². The number of anilines is 6. The number of hydrogen-bond donors (Lipinski definition) is 4. The number of ether oxygens (including phenoxy) is 4. The summed E-state index contributed by atoms with van der Waals surface area (Å²) in [4.78, 5) is 77.4. The van der Waals surface area contributed by atoms with Crippen LogP contribution in [0.25, 0.3) is 0 Å². The molecule has 7 rings (SSSR count). The lowest BCUT2D eigenvalue weighted by Gasteiger charge is -2.36. The first-order valence-electron chi connectivity index (χ1n) is 21.9. The maximum absolute atomic E-state index is 13.2. The Balaban J connectivity index is 0.757. The maximum Gasteiger partial charge on any atom is 0.264 e. The Hall–Kier alpha value is -6.40. The largest absolute Gasteiger partial charge is 0.494 e. The van der Waals surface area contributed by atoms with Crippen molar-refractivity contribution in [3.8, 4) is 5.75 Å². The number of benzene rings is 3. The van der Waals surface area contributed by atoms with Gasteiger partial charge in [0.05, 0.1) is 75.7 Å². The molecule has 0 spiro atoms. The summed E-state index contributed by atoms with van der Waals surface area (Å²) in [7, 11) is -0.922. The van der Waals surface area contributed by atoms with Crippen molar-refractivity contribution < 1.29 is 47.5 Å². The van der Waals surface area contributed by atoms with Gasteiger partial charge in [0, 0.05) is 73.7 Å². The zero-order valence-corrected chi connectivity index (χ0v) is 38.5. The lowest BCUT2D eigenvalue weighted by Crippen LogP contribution is -2.54. The second-order valence-corrected chi connectivity index (χ2v) is 19.5. The van der Waals surface area contributed by atoms with E-state index in [9.17, 15) is 28.5 Å². The quantitative estimate of drug-likeness (QED) is 0.0524. The number of rotatable bonds is 21. The van der Waals surface area contributed by atoms with Gasteiger partial charge in [-0.2, -0.15) is 4.98 Å². The molecule has 1 unspecified atom stereocenters. The van der Waals surface area contributed by atoms with Crippen LogP contribution in [0.4, 0.5) is 34.5 Å². The zero-order chi connectivity index (χ0) is 46.8. The monoisotopic (exact) mass is 925 g/mol. The fraction of sp³-hybridized carbons (Fsp3) is 0.413. The predicted molar refractivity (Wildman–Crippen MR) is 249 cm³/mol. The van der Waals surface area contributed by atoms with Gasteiger partial charge in [0.1, 0.15) is 24.8 Å². The number of fused-ring (bicyclic) bond motifs is 1. The first kappa shape index (κ1) is 47.6. The van der Waals surface area contributed by atoms with E-state index in [-0.39, 0.29) is 42.9 Å². The number of aromatic nitrogens is 2. The Morgan fingerprint density at radius 1 is 0.833 bits per heavy atom. The highest BCUT2D eigenvalue weighted by Crippen LogP contribution is 2.39.